The maximum absolute atomic E-state index is 5.66. The molecule has 2 rings (SSSR count). The third-order valence-corrected chi connectivity index (χ3v) is 3.67. The molecule has 1 unspecified atom stereocenters. The summed E-state index contributed by atoms with van der Waals surface area (Å²) in [5.41, 5.74) is 0. The SMILES string of the molecule is CCCC(CNC1CC1)N(C)Cc1ccc(C)o1. The van der Waals surface area contributed by atoms with Gasteiger partial charge in [0.15, 0.2) is 0 Å². The summed E-state index contributed by atoms with van der Waals surface area (Å²) in [5.74, 6) is 2.07. The van der Waals surface area contributed by atoms with Crippen LogP contribution in [0.1, 0.15) is 44.1 Å². The van der Waals surface area contributed by atoms with E-state index in [4.69, 9.17) is 4.42 Å². The van der Waals surface area contributed by atoms with E-state index in [0.29, 0.717) is 6.04 Å². The highest BCUT2D eigenvalue weighted by molar-refractivity contribution is 5.05. The van der Waals surface area contributed by atoms with Crippen molar-refractivity contribution < 1.29 is 4.42 Å². The van der Waals surface area contributed by atoms with Crippen LogP contribution in [0.2, 0.25) is 0 Å². The Morgan fingerprint density at radius 1 is 1.44 bits per heavy atom. The molecule has 1 aliphatic carbocycles. The number of aryl methyl sites for hydroxylation is 1. The Morgan fingerprint density at radius 3 is 2.78 bits per heavy atom. The molecule has 0 spiro atoms. The minimum atomic E-state index is 0.612. The highest BCUT2D eigenvalue weighted by atomic mass is 16.3. The van der Waals surface area contributed by atoms with Crippen molar-refractivity contribution in [1.29, 1.82) is 0 Å². The fraction of sp³-hybridized carbons (Fsp3) is 0.733. The van der Waals surface area contributed by atoms with E-state index >= 15 is 0 Å². The molecule has 0 bridgehead atoms. The summed E-state index contributed by atoms with van der Waals surface area (Å²) in [6, 6.07) is 5.54. The molecule has 0 saturated heterocycles. The predicted octanol–water partition coefficient (Wildman–Crippen LogP) is 2.94. The monoisotopic (exact) mass is 250 g/mol. The molecule has 0 radical (unpaired) electrons. The minimum absolute atomic E-state index is 0.612. The van der Waals surface area contributed by atoms with Crippen LogP contribution in [-0.4, -0.2) is 30.6 Å². The van der Waals surface area contributed by atoms with Crippen molar-refractivity contribution in [3.63, 3.8) is 0 Å². The number of nitrogens with one attached hydrogen (secondary N) is 1. The Labute approximate surface area is 111 Å². The third kappa shape index (κ3) is 4.14. The molecule has 1 aliphatic rings. The zero-order valence-electron chi connectivity index (χ0n) is 11.9. The average molecular weight is 250 g/mol. The Bertz CT molecular complexity index is 357. The minimum Gasteiger partial charge on any atom is -0.465 e. The van der Waals surface area contributed by atoms with Crippen molar-refractivity contribution in [1.82, 2.24) is 10.2 Å². The summed E-state index contributed by atoms with van der Waals surface area (Å²) in [5, 5.41) is 3.64. The van der Waals surface area contributed by atoms with Crippen LogP contribution in [0, 0.1) is 6.92 Å². The summed E-state index contributed by atoms with van der Waals surface area (Å²) in [7, 11) is 2.20. The lowest BCUT2D eigenvalue weighted by atomic mass is 10.1. The summed E-state index contributed by atoms with van der Waals surface area (Å²) in [6.45, 7) is 6.27. The summed E-state index contributed by atoms with van der Waals surface area (Å²) in [6.07, 6.45) is 5.20. The summed E-state index contributed by atoms with van der Waals surface area (Å²) in [4.78, 5) is 2.41. The van der Waals surface area contributed by atoms with Crippen LogP contribution in [-0.2, 0) is 6.54 Å². The normalized spacial score (nSPS) is 17.3. The number of nitrogens with zero attached hydrogens (tertiary/aromatic N) is 1. The van der Waals surface area contributed by atoms with Gasteiger partial charge < -0.3 is 9.73 Å². The van der Waals surface area contributed by atoms with Gasteiger partial charge in [0.25, 0.3) is 0 Å². The number of hydrogen-bond donors (Lipinski definition) is 1. The first kappa shape index (κ1) is 13.6. The first-order chi connectivity index (χ1) is 8.69. The van der Waals surface area contributed by atoms with E-state index in [2.05, 4.69) is 30.3 Å². The molecule has 1 heterocycles. The molecule has 18 heavy (non-hydrogen) atoms. The molecule has 0 aromatic carbocycles. The smallest absolute Gasteiger partial charge is 0.118 e. The van der Waals surface area contributed by atoms with Crippen LogP contribution in [0.25, 0.3) is 0 Å². The van der Waals surface area contributed by atoms with Crippen LogP contribution >= 0.6 is 0 Å². The van der Waals surface area contributed by atoms with E-state index in [1.54, 1.807) is 0 Å². The predicted molar refractivity (Wildman–Crippen MR) is 74.6 cm³/mol. The zero-order chi connectivity index (χ0) is 13.0. The van der Waals surface area contributed by atoms with Crippen LogP contribution in [0.3, 0.4) is 0 Å². The van der Waals surface area contributed by atoms with Gasteiger partial charge >= 0.3 is 0 Å². The topological polar surface area (TPSA) is 28.4 Å². The summed E-state index contributed by atoms with van der Waals surface area (Å²) >= 11 is 0. The maximum Gasteiger partial charge on any atom is 0.118 e. The molecule has 1 fully saturated rings. The van der Waals surface area contributed by atoms with Crippen molar-refractivity contribution in [3.05, 3.63) is 23.7 Å². The molecule has 0 aliphatic heterocycles. The first-order valence-corrected chi connectivity index (χ1v) is 7.18. The second-order valence-electron chi connectivity index (χ2n) is 5.55. The second kappa shape index (κ2) is 6.39. The largest absolute Gasteiger partial charge is 0.465 e. The fourth-order valence-electron chi connectivity index (χ4n) is 2.35. The van der Waals surface area contributed by atoms with Crippen LogP contribution < -0.4 is 5.32 Å². The standard InChI is InChI=1S/C15H26N2O/c1-4-5-14(10-16-13-7-8-13)17(3)11-15-9-6-12(2)18-15/h6,9,13-14,16H,4-5,7-8,10-11H2,1-3H3. The Morgan fingerprint density at radius 2 is 2.22 bits per heavy atom. The molecule has 1 aromatic heterocycles. The zero-order valence-corrected chi connectivity index (χ0v) is 11.9. The van der Waals surface area contributed by atoms with Crippen LogP contribution in [0.4, 0.5) is 0 Å². The van der Waals surface area contributed by atoms with E-state index in [1.807, 2.05) is 13.0 Å². The lowest BCUT2D eigenvalue weighted by Crippen LogP contribution is -2.40. The quantitative estimate of drug-likeness (QED) is 0.769. The number of hydrogen-bond acceptors (Lipinski definition) is 3. The highest BCUT2D eigenvalue weighted by Gasteiger charge is 2.23. The van der Waals surface area contributed by atoms with Gasteiger partial charge in [-0.1, -0.05) is 13.3 Å². The Kier molecular flexibility index (Phi) is 4.84. The molecule has 3 heteroatoms. The Hall–Kier alpha value is -0.800. The molecule has 1 N–H and O–H groups in total. The van der Waals surface area contributed by atoms with Crippen LogP contribution in [0.5, 0.6) is 0 Å². The van der Waals surface area contributed by atoms with E-state index in [9.17, 15) is 0 Å². The van der Waals surface area contributed by atoms with Crippen molar-refractivity contribution in [2.75, 3.05) is 13.6 Å². The van der Waals surface area contributed by atoms with Gasteiger partial charge in [-0.15, -0.1) is 0 Å². The molecular weight excluding hydrogens is 224 g/mol. The van der Waals surface area contributed by atoms with E-state index in [1.165, 1.54) is 25.7 Å². The average Bonchev–Trinajstić information content (AvgIpc) is 3.08. The van der Waals surface area contributed by atoms with Crippen molar-refractivity contribution in [3.8, 4) is 0 Å². The fourth-order valence-corrected chi connectivity index (χ4v) is 2.35. The van der Waals surface area contributed by atoms with Gasteiger partial charge in [0.1, 0.15) is 11.5 Å². The maximum atomic E-state index is 5.66. The first-order valence-electron chi connectivity index (χ1n) is 7.18. The van der Waals surface area contributed by atoms with Gasteiger partial charge in [0.2, 0.25) is 0 Å². The molecule has 3 nitrogen and oxygen atoms in total. The van der Waals surface area contributed by atoms with E-state index in [-0.39, 0.29) is 0 Å². The molecule has 1 saturated carbocycles. The summed E-state index contributed by atoms with van der Waals surface area (Å²) < 4.78 is 5.66. The van der Waals surface area contributed by atoms with Crippen molar-refractivity contribution in [2.45, 2.75) is 58.2 Å². The van der Waals surface area contributed by atoms with Crippen molar-refractivity contribution in [2.24, 2.45) is 0 Å². The molecule has 1 atom stereocenters. The van der Waals surface area contributed by atoms with Gasteiger partial charge in [0, 0.05) is 18.6 Å². The van der Waals surface area contributed by atoms with Crippen LogP contribution in [0.15, 0.2) is 16.5 Å². The molecular formula is C15H26N2O. The second-order valence-corrected chi connectivity index (χ2v) is 5.55. The van der Waals surface area contributed by atoms with E-state index < -0.39 is 0 Å². The number of likely N-dealkylation sites (N-methyl/N-ethyl adjacent to an activating group) is 1. The molecule has 1 aromatic rings. The molecule has 102 valence electrons. The van der Waals surface area contributed by atoms with Gasteiger partial charge in [-0.05, 0) is 45.4 Å². The number of furan rings is 1. The van der Waals surface area contributed by atoms with Crippen molar-refractivity contribution >= 4 is 0 Å². The highest BCUT2D eigenvalue weighted by Crippen LogP contribution is 2.19. The van der Waals surface area contributed by atoms with Gasteiger partial charge in [-0.3, -0.25) is 4.90 Å². The lowest BCUT2D eigenvalue weighted by Gasteiger charge is -2.27. The van der Waals surface area contributed by atoms with Gasteiger partial charge in [-0.2, -0.15) is 0 Å². The van der Waals surface area contributed by atoms with Gasteiger partial charge in [0.05, 0.1) is 6.54 Å². The van der Waals surface area contributed by atoms with E-state index in [0.717, 1.165) is 30.7 Å². The number of rotatable bonds is 8. The molecule has 0 amide bonds. The van der Waals surface area contributed by atoms with Gasteiger partial charge in [-0.25, -0.2) is 0 Å². The third-order valence-electron chi connectivity index (χ3n) is 3.67. The Balaban J connectivity index is 1.83. The lowest BCUT2D eigenvalue weighted by molar-refractivity contribution is 0.199.